The van der Waals surface area contributed by atoms with Gasteiger partial charge in [-0.15, -0.1) is 0 Å². The van der Waals surface area contributed by atoms with Gasteiger partial charge in [-0.05, 0) is 0 Å². The topological polar surface area (TPSA) is 24.1 Å². The second-order valence-corrected chi connectivity index (χ2v) is 2.83. The van der Waals surface area contributed by atoms with Crippen molar-refractivity contribution in [3.05, 3.63) is 11.9 Å². The molecule has 1 aliphatic rings. The van der Waals surface area contributed by atoms with Crippen LogP contribution in [-0.2, 0) is 0 Å². The molecule has 2 nitrogen and oxygen atoms in total. The SMILES string of the molecule is CC1=CN[I-]N1. The summed E-state index contributed by atoms with van der Waals surface area (Å²) >= 11 is 0.109. The molecule has 0 fully saturated rings. The number of allylic oxidation sites excluding steroid dienone is 1. The van der Waals surface area contributed by atoms with Crippen molar-refractivity contribution in [3.63, 3.8) is 0 Å². The minimum atomic E-state index is 0.109. The molecule has 0 unspecified atom stereocenters. The van der Waals surface area contributed by atoms with Crippen LogP contribution in [0.5, 0.6) is 0 Å². The normalized spacial score (nSPS) is 19.8. The Morgan fingerprint density at radius 2 is 2.67 bits per heavy atom. The van der Waals surface area contributed by atoms with Crippen LogP contribution >= 0.6 is 0 Å². The van der Waals surface area contributed by atoms with Crippen LogP contribution in [0.25, 0.3) is 0 Å². The molecular weight excluding hydrogens is 191 g/mol. The zero-order valence-electron chi connectivity index (χ0n) is 3.46. The molecule has 0 atom stereocenters. The van der Waals surface area contributed by atoms with Crippen molar-refractivity contribution in [2.24, 2.45) is 0 Å². The Labute approximate surface area is 48.0 Å². The number of hydrogen-bond donors (Lipinski definition) is 2. The van der Waals surface area contributed by atoms with Crippen molar-refractivity contribution in [1.82, 2.24) is 7.06 Å². The predicted molar refractivity (Wildman–Crippen MR) is 20.0 cm³/mol. The van der Waals surface area contributed by atoms with Crippen LogP contribution in [0.3, 0.4) is 0 Å². The molecule has 0 saturated carbocycles. The van der Waals surface area contributed by atoms with Crippen molar-refractivity contribution in [3.8, 4) is 0 Å². The Balaban J connectivity index is 2.45. The molecule has 0 radical (unpaired) electrons. The molecule has 0 amide bonds. The first kappa shape index (κ1) is 4.23. The third-order valence-corrected chi connectivity index (χ3v) is 2.27. The average molecular weight is 197 g/mol. The van der Waals surface area contributed by atoms with Gasteiger partial charge in [-0.3, -0.25) is 0 Å². The molecule has 1 rings (SSSR count). The first-order valence-corrected chi connectivity index (χ1v) is 3.86. The third-order valence-electron chi connectivity index (χ3n) is 0.522. The number of nitrogens with one attached hydrogen (secondary N) is 2. The number of halogens is 1. The fourth-order valence-electron chi connectivity index (χ4n) is 0.238. The average Bonchev–Trinajstić information content (AvgIpc) is 1.86. The minimum absolute atomic E-state index is 0.109. The fourth-order valence-corrected chi connectivity index (χ4v) is 1.60. The van der Waals surface area contributed by atoms with Crippen LogP contribution in [0, 0.1) is 0 Å². The summed E-state index contributed by atoms with van der Waals surface area (Å²) in [6, 6.07) is 0. The molecule has 6 heavy (non-hydrogen) atoms. The number of rotatable bonds is 0. The van der Waals surface area contributed by atoms with Crippen LogP contribution in [0.15, 0.2) is 11.9 Å². The molecule has 0 aromatic carbocycles. The van der Waals surface area contributed by atoms with E-state index in [1.54, 1.807) is 0 Å². The Hall–Kier alpha value is 0.0700. The van der Waals surface area contributed by atoms with Crippen LogP contribution in [-0.4, -0.2) is 0 Å². The molecule has 0 bridgehead atoms. The Morgan fingerprint density at radius 1 is 1.83 bits per heavy atom. The van der Waals surface area contributed by atoms with Gasteiger partial charge in [0.2, 0.25) is 0 Å². The van der Waals surface area contributed by atoms with E-state index in [9.17, 15) is 0 Å². The van der Waals surface area contributed by atoms with Gasteiger partial charge in [0, 0.05) is 0 Å². The fraction of sp³-hybridized carbons (Fsp3) is 0.333. The first-order chi connectivity index (χ1) is 2.89. The van der Waals surface area contributed by atoms with E-state index in [0.717, 1.165) is 0 Å². The zero-order chi connectivity index (χ0) is 4.41. The summed E-state index contributed by atoms with van der Waals surface area (Å²) < 4.78 is 6.29. The maximum absolute atomic E-state index is 3.18. The summed E-state index contributed by atoms with van der Waals surface area (Å²) in [6.45, 7) is 2.06. The van der Waals surface area contributed by atoms with Crippen molar-refractivity contribution >= 4 is 0 Å². The quantitative estimate of drug-likeness (QED) is 0.318. The van der Waals surface area contributed by atoms with Gasteiger partial charge in [0.05, 0.1) is 0 Å². The van der Waals surface area contributed by atoms with E-state index in [-0.39, 0.29) is 21.8 Å². The summed E-state index contributed by atoms with van der Waals surface area (Å²) in [5.41, 5.74) is 1.27. The molecule has 1 aliphatic heterocycles. The van der Waals surface area contributed by atoms with Crippen LogP contribution < -0.4 is 28.8 Å². The molecule has 0 aromatic heterocycles. The predicted octanol–water partition coefficient (Wildman–Crippen LogP) is -3.04. The zero-order valence-corrected chi connectivity index (χ0v) is 5.61. The van der Waals surface area contributed by atoms with Crippen LogP contribution in [0.1, 0.15) is 6.92 Å². The summed E-state index contributed by atoms with van der Waals surface area (Å²) in [7, 11) is 0. The van der Waals surface area contributed by atoms with Gasteiger partial charge in [-0.2, -0.15) is 0 Å². The third kappa shape index (κ3) is 0.767. The van der Waals surface area contributed by atoms with Gasteiger partial charge in [-0.25, -0.2) is 0 Å². The van der Waals surface area contributed by atoms with Crippen molar-refractivity contribution in [2.45, 2.75) is 6.92 Å². The molecule has 36 valence electrons. The molecular formula is C3H6IN2-. The summed E-state index contributed by atoms with van der Waals surface area (Å²) in [5, 5.41) is 0. The first-order valence-electron chi connectivity index (χ1n) is 1.71. The molecule has 0 aliphatic carbocycles. The maximum atomic E-state index is 3.18. The van der Waals surface area contributed by atoms with E-state index < -0.39 is 0 Å². The number of hydrogen-bond acceptors (Lipinski definition) is 2. The second-order valence-electron chi connectivity index (χ2n) is 1.13. The van der Waals surface area contributed by atoms with E-state index in [2.05, 4.69) is 14.0 Å². The summed E-state index contributed by atoms with van der Waals surface area (Å²) in [6.07, 6.45) is 2.01. The van der Waals surface area contributed by atoms with Gasteiger partial charge < -0.3 is 0 Å². The van der Waals surface area contributed by atoms with Gasteiger partial charge in [0.1, 0.15) is 0 Å². The Kier molecular flexibility index (Phi) is 1.19. The van der Waals surface area contributed by atoms with Gasteiger partial charge in [0.25, 0.3) is 0 Å². The van der Waals surface area contributed by atoms with Crippen LogP contribution in [0.4, 0.5) is 0 Å². The van der Waals surface area contributed by atoms with Crippen molar-refractivity contribution < 1.29 is 21.8 Å². The van der Waals surface area contributed by atoms with E-state index >= 15 is 0 Å². The van der Waals surface area contributed by atoms with E-state index in [4.69, 9.17) is 0 Å². The Morgan fingerprint density at radius 3 is 2.83 bits per heavy atom. The Bertz CT molecular complexity index is 78.9. The van der Waals surface area contributed by atoms with Gasteiger partial charge in [-0.1, -0.05) is 0 Å². The molecule has 0 spiro atoms. The van der Waals surface area contributed by atoms with Crippen molar-refractivity contribution in [1.29, 1.82) is 0 Å². The standard InChI is InChI=1S/C3H6IN2/c1-3-2-5-4-6-3/h2,5-6H,1H3/q-1. The van der Waals surface area contributed by atoms with E-state index in [1.807, 2.05) is 6.20 Å². The van der Waals surface area contributed by atoms with Crippen LogP contribution in [0.2, 0.25) is 0 Å². The molecule has 0 saturated heterocycles. The molecule has 1 heterocycles. The van der Waals surface area contributed by atoms with E-state index in [0.29, 0.717) is 0 Å². The molecule has 2 N–H and O–H groups in total. The molecule has 3 heteroatoms. The van der Waals surface area contributed by atoms with Gasteiger partial charge in [0.15, 0.2) is 0 Å². The monoisotopic (exact) mass is 197 g/mol. The molecule has 0 aromatic rings. The summed E-state index contributed by atoms with van der Waals surface area (Å²) in [4.78, 5) is 0. The second kappa shape index (κ2) is 1.68. The van der Waals surface area contributed by atoms with Gasteiger partial charge >= 0.3 is 47.6 Å². The van der Waals surface area contributed by atoms with E-state index in [1.165, 1.54) is 5.70 Å². The summed E-state index contributed by atoms with van der Waals surface area (Å²) in [5.74, 6) is 0. The van der Waals surface area contributed by atoms with Crippen molar-refractivity contribution in [2.75, 3.05) is 0 Å².